The van der Waals surface area contributed by atoms with Gasteiger partial charge in [-0.1, -0.05) is 54.8 Å². The number of hydrogen-bond donors (Lipinski definition) is 1. The van der Waals surface area contributed by atoms with E-state index in [1.165, 1.54) is 12.1 Å². The van der Waals surface area contributed by atoms with Crippen molar-refractivity contribution in [2.75, 3.05) is 12.4 Å². The fourth-order valence-corrected chi connectivity index (χ4v) is 5.44. The first kappa shape index (κ1) is 29.4. The van der Waals surface area contributed by atoms with Crippen molar-refractivity contribution in [3.8, 4) is 11.8 Å². The van der Waals surface area contributed by atoms with Crippen molar-refractivity contribution < 1.29 is 42.9 Å². The van der Waals surface area contributed by atoms with Crippen molar-refractivity contribution in [1.82, 2.24) is 9.78 Å². The molecular formula is C23H16Cl2F6N4O4S. The number of halogens is 8. The number of anilines is 1. The van der Waals surface area contributed by atoms with E-state index in [1.807, 2.05) is 0 Å². The number of carbonyl (C=O) groups excluding carboxylic acids is 2. The maximum absolute atomic E-state index is 13.5. The summed E-state index contributed by atoms with van der Waals surface area (Å²) in [5, 5.41) is 14.0. The van der Waals surface area contributed by atoms with E-state index in [9.17, 15) is 38.7 Å². The molecule has 1 heterocycles. The molecule has 4 rings (SSSR count). The van der Waals surface area contributed by atoms with Crippen LogP contribution < -0.4 is 5.32 Å². The molecule has 40 heavy (non-hydrogen) atoms. The molecule has 2 aromatic carbocycles. The van der Waals surface area contributed by atoms with Crippen LogP contribution >= 0.6 is 33.4 Å². The summed E-state index contributed by atoms with van der Waals surface area (Å²) in [7, 11) is -9.14. The molecule has 1 fully saturated rings. The first-order chi connectivity index (χ1) is 18.4. The second-order valence-electron chi connectivity index (χ2n) is 8.71. The highest BCUT2D eigenvalue weighted by Gasteiger charge is 2.66. The fraction of sp³-hybridized carbons (Fsp3) is 0.217. The molecular weight excluding hydrogens is 613 g/mol. The zero-order valence-corrected chi connectivity index (χ0v) is 22.3. The van der Waals surface area contributed by atoms with E-state index in [-0.39, 0.29) is 36.1 Å². The van der Waals surface area contributed by atoms with Gasteiger partial charge in [0.25, 0.3) is 0 Å². The van der Waals surface area contributed by atoms with Gasteiger partial charge in [0, 0.05) is 0 Å². The van der Waals surface area contributed by atoms with Gasteiger partial charge in [0.15, 0.2) is 5.69 Å². The van der Waals surface area contributed by atoms with Crippen LogP contribution in [0.1, 0.15) is 29.7 Å². The first-order valence-electron chi connectivity index (χ1n) is 10.9. The van der Waals surface area contributed by atoms with Crippen molar-refractivity contribution in [3.63, 3.8) is 0 Å². The van der Waals surface area contributed by atoms with Crippen LogP contribution in [-0.4, -0.2) is 29.0 Å². The van der Waals surface area contributed by atoms with Crippen LogP contribution in [0.2, 0.25) is 10.0 Å². The fourth-order valence-electron chi connectivity index (χ4n) is 3.98. The molecule has 0 saturated heterocycles. The normalized spacial score (nSPS) is 15.8. The molecule has 0 radical (unpaired) electrons. The van der Waals surface area contributed by atoms with E-state index in [0.717, 1.165) is 19.2 Å². The maximum Gasteiger partial charge on any atom is 0.413 e. The number of nitriles is 1. The number of rotatable bonds is 7. The van der Waals surface area contributed by atoms with E-state index in [2.05, 4.69) is 10.4 Å². The van der Waals surface area contributed by atoms with Gasteiger partial charge in [-0.3, -0.25) is 10.1 Å². The molecule has 0 spiro atoms. The first-order valence-corrected chi connectivity index (χ1v) is 13.6. The van der Waals surface area contributed by atoms with E-state index in [1.54, 1.807) is 6.07 Å². The van der Waals surface area contributed by atoms with E-state index in [0.29, 0.717) is 4.68 Å². The van der Waals surface area contributed by atoms with E-state index >= 15 is 0 Å². The van der Waals surface area contributed by atoms with Gasteiger partial charge >= 0.3 is 22.3 Å². The zero-order chi connectivity index (χ0) is 29.7. The molecule has 0 atom stereocenters. The number of esters is 1. The summed E-state index contributed by atoms with van der Waals surface area (Å²) in [5.74, 6) is -1.88. The Hall–Kier alpha value is -3.61. The van der Waals surface area contributed by atoms with Gasteiger partial charge < -0.3 is 9.47 Å². The predicted octanol–water partition coefficient (Wildman–Crippen LogP) is 7.80. The van der Waals surface area contributed by atoms with E-state index in [4.69, 9.17) is 32.7 Å². The summed E-state index contributed by atoms with van der Waals surface area (Å²) in [5.41, 5.74) is -2.49. The van der Waals surface area contributed by atoms with Crippen LogP contribution in [0.3, 0.4) is 0 Å². The van der Waals surface area contributed by atoms with Crippen molar-refractivity contribution in [2.45, 2.75) is 29.8 Å². The number of aromatic nitrogens is 2. The zero-order valence-electron chi connectivity index (χ0n) is 20.0. The van der Waals surface area contributed by atoms with Gasteiger partial charge in [-0.25, -0.2) is 13.9 Å². The molecule has 0 unspecified atom stereocenters. The van der Waals surface area contributed by atoms with Gasteiger partial charge in [-0.2, -0.15) is 10.4 Å². The average molecular weight is 629 g/mol. The number of hydrogen-bond acceptors (Lipinski definition) is 6. The summed E-state index contributed by atoms with van der Waals surface area (Å²) in [6, 6.07) is 6.65. The molecule has 8 nitrogen and oxygen atoms in total. The molecule has 1 amide bonds. The highest BCUT2D eigenvalue weighted by atomic mass is 35.5. The van der Waals surface area contributed by atoms with Gasteiger partial charge in [0.05, 0.1) is 28.1 Å². The highest BCUT2D eigenvalue weighted by Crippen LogP contribution is 3.02. The number of nitrogens with zero attached hydrogens (tertiary/aromatic N) is 3. The number of carbonyl (C=O) groups is 2. The smallest absolute Gasteiger partial charge is 0.413 e. The molecule has 1 saturated carbocycles. The SMILES string of the molecule is COC(=O)C1(c2c(C#N)nn(-c3c(Cl)cc(S(F)(F)(F)(F)F)cc3Cl)c2NC(=O)OCc2cccc(F)c2)CC1. The number of methoxy groups -OCH3 is 1. The molecule has 3 aromatic rings. The van der Waals surface area contributed by atoms with Gasteiger partial charge in [-0.15, -0.1) is 0 Å². The largest absolute Gasteiger partial charge is 0.468 e. The quantitative estimate of drug-likeness (QED) is 0.211. The Morgan fingerprint density at radius 2 is 1.77 bits per heavy atom. The summed E-state index contributed by atoms with van der Waals surface area (Å²) in [4.78, 5) is 23.0. The lowest BCUT2D eigenvalue weighted by atomic mass is 9.95. The minimum atomic E-state index is -10.2. The van der Waals surface area contributed by atoms with Crippen LogP contribution in [-0.2, 0) is 26.3 Å². The van der Waals surface area contributed by atoms with Gasteiger partial charge in [-0.05, 0) is 42.7 Å². The summed E-state index contributed by atoms with van der Waals surface area (Å²) in [6.07, 6.45) is -0.942. The highest BCUT2D eigenvalue weighted by molar-refractivity contribution is 8.45. The Labute approximate surface area is 232 Å². The average Bonchev–Trinajstić information content (AvgIpc) is 3.57. The third kappa shape index (κ3) is 5.65. The standard InChI is InChI=1S/C23H16Cl2F6N4O4S/c1-38-21(36)23(5-6-23)18-17(10-32)34-35(19-15(24)8-14(9-16(19)25)40(27,28,29,30)31)20(18)33-22(37)39-11-12-3-2-4-13(26)7-12/h2-4,7-9H,5-6,11H2,1H3,(H,33,37). The topological polar surface area (TPSA) is 106 Å². The summed E-state index contributed by atoms with van der Waals surface area (Å²) < 4.78 is 91.1. The van der Waals surface area contributed by atoms with Gasteiger partial charge in [0.1, 0.15) is 34.9 Å². The maximum atomic E-state index is 13.5. The number of benzene rings is 2. The van der Waals surface area contributed by atoms with Crippen LogP contribution in [0.4, 0.5) is 34.4 Å². The third-order valence-electron chi connectivity index (χ3n) is 5.92. The lowest BCUT2D eigenvalue weighted by molar-refractivity contribution is -0.143. The predicted molar refractivity (Wildman–Crippen MR) is 133 cm³/mol. The molecule has 1 aromatic heterocycles. The van der Waals surface area contributed by atoms with Crippen molar-refractivity contribution >= 4 is 51.3 Å². The monoisotopic (exact) mass is 628 g/mol. The minimum absolute atomic E-state index is 0.0724. The number of nitrogens with one attached hydrogen (secondary N) is 1. The molecule has 1 aliphatic carbocycles. The van der Waals surface area contributed by atoms with Crippen LogP contribution in [0.15, 0.2) is 41.3 Å². The lowest BCUT2D eigenvalue weighted by Gasteiger charge is -2.40. The summed E-state index contributed by atoms with van der Waals surface area (Å²) >= 11 is 11.9. The Kier molecular flexibility index (Phi) is 6.77. The second-order valence-corrected chi connectivity index (χ2v) is 11.9. The Morgan fingerprint density at radius 3 is 2.27 bits per heavy atom. The number of amides is 1. The van der Waals surface area contributed by atoms with Crippen LogP contribution in [0.5, 0.6) is 0 Å². The molecule has 214 valence electrons. The Bertz CT molecular complexity index is 1580. The summed E-state index contributed by atoms with van der Waals surface area (Å²) in [6.45, 7) is -0.430. The van der Waals surface area contributed by atoms with Crippen molar-refractivity contribution in [3.05, 3.63) is 69.1 Å². The third-order valence-corrected chi connectivity index (χ3v) is 7.63. The van der Waals surface area contributed by atoms with Crippen molar-refractivity contribution in [1.29, 1.82) is 5.26 Å². The van der Waals surface area contributed by atoms with E-state index < -0.39 is 72.3 Å². The van der Waals surface area contributed by atoms with Gasteiger partial charge in [0.2, 0.25) is 0 Å². The molecule has 0 aliphatic heterocycles. The minimum Gasteiger partial charge on any atom is -0.468 e. The molecule has 1 N–H and O–H groups in total. The molecule has 1 aliphatic rings. The van der Waals surface area contributed by atoms with Crippen LogP contribution in [0.25, 0.3) is 5.69 Å². The lowest BCUT2D eigenvalue weighted by Crippen LogP contribution is -2.25. The van der Waals surface area contributed by atoms with Crippen LogP contribution in [0, 0.1) is 17.1 Å². The molecule has 0 bridgehead atoms. The Balaban J connectivity index is 1.85. The number of ether oxygens (including phenoxy) is 2. The molecule has 17 heteroatoms. The van der Waals surface area contributed by atoms with Crippen molar-refractivity contribution in [2.24, 2.45) is 0 Å². The Morgan fingerprint density at radius 1 is 1.15 bits per heavy atom. The second kappa shape index (κ2) is 9.22.